The van der Waals surface area contributed by atoms with E-state index in [1.54, 1.807) is 43.0 Å². The second kappa shape index (κ2) is 9.18. The van der Waals surface area contributed by atoms with Crippen LogP contribution in [0, 0.1) is 11.6 Å². The van der Waals surface area contributed by atoms with Crippen molar-refractivity contribution < 1.29 is 23.0 Å². The van der Waals surface area contributed by atoms with Crippen LogP contribution in [0.25, 0.3) is 17.0 Å². The van der Waals surface area contributed by atoms with Crippen molar-refractivity contribution in [3.63, 3.8) is 0 Å². The van der Waals surface area contributed by atoms with E-state index in [0.717, 1.165) is 17.8 Å². The minimum Gasteiger partial charge on any atom is -0.493 e. The summed E-state index contributed by atoms with van der Waals surface area (Å²) in [7, 11) is 3.09. The molecule has 0 fully saturated rings. The molecule has 0 aliphatic heterocycles. The van der Waals surface area contributed by atoms with Crippen molar-refractivity contribution in [3.8, 4) is 22.9 Å². The summed E-state index contributed by atoms with van der Waals surface area (Å²) in [6.45, 7) is 0. The van der Waals surface area contributed by atoms with Crippen LogP contribution < -0.4 is 14.8 Å². The van der Waals surface area contributed by atoms with E-state index in [9.17, 15) is 13.6 Å². The fourth-order valence-electron chi connectivity index (χ4n) is 2.92. The number of aromatic nitrogens is 4. The van der Waals surface area contributed by atoms with E-state index in [0.29, 0.717) is 39.6 Å². The van der Waals surface area contributed by atoms with Crippen molar-refractivity contribution in [2.24, 2.45) is 0 Å². The number of rotatable bonds is 7. The second-order valence-electron chi connectivity index (χ2n) is 6.50. The summed E-state index contributed by atoms with van der Waals surface area (Å²) >= 11 is 1.15. The monoisotopic (exact) mass is 457 g/mol. The molecule has 0 aliphatic rings. The lowest BCUT2D eigenvalue weighted by molar-refractivity contribution is -0.113. The standard InChI is InChI=1S/C21H17F2N5O3S/c1-30-16-6-3-12(9-17(16)31-2)21-26-25-18-7-8-20(27-28(18)21)32-11-19(29)24-15-5-4-13(22)10-14(15)23/h3-10H,11H2,1-2H3,(H,24,29). The fourth-order valence-corrected chi connectivity index (χ4v) is 3.58. The van der Waals surface area contributed by atoms with Crippen molar-refractivity contribution in [2.45, 2.75) is 5.03 Å². The highest BCUT2D eigenvalue weighted by Gasteiger charge is 2.14. The first-order valence-corrected chi connectivity index (χ1v) is 10.3. The van der Waals surface area contributed by atoms with E-state index in [4.69, 9.17) is 9.47 Å². The van der Waals surface area contributed by atoms with E-state index >= 15 is 0 Å². The van der Waals surface area contributed by atoms with E-state index < -0.39 is 17.5 Å². The Morgan fingerprint density at radius 3 is 2.59 bits per heavy atom. The molecule has 164 valence electrons. The molecule has 0 radical (unpaired) electrons. The van der Waals surface area contributed by atoms with Gasteiger partial charge in [-0.2, -0.15) is 9.61 Å². The summed E-state index contributed by atoms with van der Waals surface area (Å²) in [5, 5.41) is 15.8. The molecule has 0 unspecified atom stereocenters. The predicted molar refractivity (Wildman–Crippen MR) is 115 cm³/mol. The molecule has 0 saturated carbocycles. The third-order valence-electron chi connectivity index (χ3n) is 4.44. The highest BCUT2D eigenvalue weighted by molar-refractivity contribution is 7.99. The van der Waals surface area contributed by atoms with Crippen LogP contribution in [0.3, 0.4) is 0 Å². The number of methoxy groups -OCH3 is 2. The van der Waals surface area contributed by atoms with Gasteiger partial charge in [0.25, 0.3) is 0 Å². The molecule has 0 aliphatic carbocycles. The number of carbonyl (C=O) groups excluding carboxylic acids is 1. The second-order valence-corrected chi connectivity index (χ2v) is 7.49. The average Bonchev–Trinajstić information content (AvgIpc) is 3.22. The van der Waals surface area contributed by atoms with E-state index in [-0.39, 0.29) is 11.4 Å². The molecule has 2 aromatic carbocycles. The molecule has 8 nitrogen and oxygen atoms in total. The zero-order chi connectivity index (χ0) is 22.7. The maximum atomic E-state index is 13.7. The molecule has 1 N–H and O–H groups in total. The number of fused-ring (bicyclic) bond motifs is 1. The first kappa shape index (κ1) is 21.5. The number of benzene rings is 2. The van der Waals surface area contributed by atoms with Crippen LogP contribution >= 0.6 is 11.8 Å². The Bertz CT molecular complexity index is 1300. The molecule has 32 heavy (non-hydrogen) atoms. The highest BCUT2D eigenvalue weighted by atomic mass is 32.2. The summed E-state index contributed by atoms with van der Waals surface area (Å²) in [5.41, 5.74) is 1.15. The number of ether oxygens (including phenoxy) is 2. The Morgan fingerprint density at radius 2 is 1.84 bits per heavy atom. The smallest absolute Gasteiger partial charge is 0.234 e. The zero-order valence-corrected chi connectivity index (χ0v) is 17.8. The van der Waals surface area contributed by atoms with Crippen molar-refractivity contribution in [1.82, 2.24) is 19.8 Å². The van der Waals surface area contributed by atoms with Gasteiger partial charge < -0.3 is 14.8 Å². The molecular formula is C21H17F2N5O3S. The van der Waals surface area contributed by atoms with Gasteiger partial charge in [-0.1, -0.05) is 11.8 Å². The molecule has 1 amide bonds. The third kappa shape index (κ3) is 4.47. The van der Waals surface area contributed by atoms with Gasteiger partial charge in [-0.25, -0.2) is 8.78 Å². The lowest BCUT2D eigenvalue weighted by atomic mass is 10.2. The number of amides is 1. The van der Waals surface area contributed by atoms with Crippen LogP contribution in [0.4, 0.5) is 14.5 Å². The minimum atomic E-state index is -0.841. The van der Waals surface area contributed by atoms with Crippen LogP contribution in [0.15, 0.2) is 53.6 Å². The Morgan fingerprint density at radius 1 is 1.03 bits per heavy atom. The van der Waals surface area contributed by atoms with Crippen LogP contribution in [-0.4, -0.2) is 45.7 Å². The Balaban J connectivity index is 1.52. The van der Waals surface area contributed by atoms with Crippen molar-refractivity contribution >= 4 is 29.0 Å². The first-order chi connectivity index (χ1) is 15.5. The fraction of sp³-hybridized carbons (Fsp3) is 0.143. The quantitative estimate of drug-likeness (QED) is 0.422. The maximum absolute atomic E-state index is 13.7. The van der Waals surface area contributed by atoms with Crippen LogP contribution in [0.2, 0.25) is 0 Å². The Hall–Kier alpha value is -3.73. The molecule has 2 heterocycles. The van der Waals surface area contributed by atoms with Gasteiger partial charge in [0.1, 0.15) is 16.7 Å². The van der Waals surface area contributed by atoms with Gasteiger partial charge in [0.15, 0.2) is 23.0 Å². The van der Waals surface area contributed by atoms with Gasteiger partial charge in [0.2, 0.25) is 5.91 Å². The van der Waals surface area contributed by atoms with Gasteiger partial charge in [-0.05, 0) is 42.5 Å². The summed E-state index contributed by atoms with van der Waals surface area (Å²) in [5.74, 6) is -0.427. The zero-order valence-electron chi connectivity index (χ0n) is 17.0. The Kier molecular flexibility index (Phi) is 6.17. The van der Waals surface area contributed by atoms with Crippen LogP contribution in [0.1, 0.15) is 0 Å². The minimum absolute atomic E-state index is 0.0247. The van der Waals surface area contributed by atoms with Gasteiger partial charge in [-0.3, -0.25) is 4.79 Å². The molecule has 0 atom stereocenters. The van der Waals surface area contributed by atoms with Crippen LogP contribution in [-0.2, 0) is 4.79 Å². The summed E-state index contributed by atoms with van der Waals surface area (Å²) in [6, 6.07) is 11.7. The largest absolute Gasteiger partial charge is 0.493 e. The lowest BCUT2D eigenvalue weighted by Gasteiger charge is -2.09. The van der Waals surface area contributed by atoms with E-state index in [1.165, 1.54) is 6.07 Å². The number of halogens is 2. The molecule has 0 bridgehead atoms. The molecule has 4 rings (SSSR count). The number of anilines is 1. The average molecular weight is 457 g/mol. The normalized spacial score (nSPS) is 10.9. The number of carbonyl (C=O) groups is 1. The molecular weight excluding hydrogens is 440 g/mol. The molecule has 0 saturated heterocycles. The van der Waals surface area contributed by atoms with Crippen molar-refractivity contribution in [3.05, 3.63) is 60.2 Å². The number of thioether (sulfide) groups is 1. The Labute approximate surface area is 185 Å². The highest BCUT2D eigenvalue weighted by Crippen LogP contribution is 2.31. The van der Waals surface area contributed by atoms with Gasteiger partial charge in [-0.15, -0.1) is 10.2 Å². The van der Waals surface area contributed by atoms with E-state index in [2.05, 4.69) is 20.6 Å². The maximum Gasteiger partial charge on any atom is 0.234 e. The summed E-state index contributed by atoms with van der Waals surface area (Å²) in [4.78, 5) is 12.2. The van der Waals surface area contributed by atoms with Crippen molar-refractivity contribution in [1.29, 1.82) is 0 Å². The summed E-state index contributed by atoms with van der Waals surface area (Å²) < 4.78 is 38.9. The number of hydrogen-bond acceptors (Lipinski definition) is 7. The predicted octanol–water partition coefficient (Wildman–Crippen LogP) is 3.82. The van der Waals surface area contributed by atoms with E-state index in [1.807, 2.05) is 6.07 Å². The SMILES string of the molecule is COc1ccc(-c2nnc3ccc(SCC(=O)Nc4ccc(F)cc4F)nn23)cc1OC. The number of hydrogen-bond donors (Lipinski definition) is 1. The molecule has 4 aromatic rings. The van der Waals surface area contributed by atoms with Gasteiger partial charge in [0, 0.05) is 11.6 Å². The lowest BCUT2D eigenvalue weighted by Crippen LogP contribution is -2.15. The van der Waals surface area contributed by atoms with Gasteiger partial charge in [0.05, 0.1) is 25.7 Å². The molecule has 2 aromatic heterocycles. The number of nitrogens with one attached hydrogen (secondary N) is 1. The third-order valence-corrected chi connectivity index (χ3v) is 5.36. The topological polar surface area (TPSA) is 90.6 Å². The van der Waals surface area contributed by atoms with Crippen molar-refractivity contribution in [2.75, 3.05) is 25.3 Å². The van der Waals surface area contributed by atoms with Gasteiger partial charge >= 0.3 is 0 Å². The molecule has 11 heteroatoms. The number of nitrogens with zero attached hydrogens (tertiary/aromatic N) is 4. The van der Waals surface area contributed by atoms with Crippen LogP contribution in [0.5, 0.6) is 11.5 Å². The summed E-state index contributed by atoms with van der Waals surface area (Å²) in [6.07, 6.45) is 0. The first-order valence-electron chi connectivity index (χ1n) is 9.31. The molecule has 0 spiro atoms.